The molecule has 4 rings (SSSR count). The molecule has 2 aromatic rings. The minimum absolute atomic E-state index is 0.00262. The molecule has 4 heterocycles. The third-order valence-electron chi connectivity index (χ3n) is 5.75. The molecule has 0 radical (unpaired) electrons. The molecule has 1 N–H and O–H groups in total. The number of fused-ring (bicyclic) bond motifs is 1. The molecule has 1 unspecified atom stereocenters. The zero-order valence-electron chi connectivity index (χ0n) is 15.9. The summed E-state index contributed by atoms with van der Waals surface area (Å²) in [6.45, 7) is 7.35. The number of aromatic amines is 1. The van der Waals surface area contributed by atoms with Crippen LogP contribution in [0.25, 0.3) is 5.78 Å². The third-order valence-corrected chi connectivity index (χ3v) is 5.75. The van der Waals surface area contributed by atoms with Crippen molar-refractivity contribution in [3.05, 3.63) is 27.9 Å². The maximum atomic E-state index is 13.0. The number of aryl methyl sites for hydroxylation is 1. The molecule has 2 aliphatic rings. The van der Waals surface area contributed by atoms with Crippen molar-refractivity contribution in [1.82, 2.24) is 29.4 Å². The van der Waals surface area contributed by atoms with Crippen LogP contribution in [0, 0.1) is 12.3 Å². The summed E-state index contributed by atoms with van der Waals surface area (Å²) in [7, 11) is 0. The summed E-state index contributed by atoms with van der Waals surface area (Å²) in [6.07, 6.45) is 3.65. The Hall–Kier alpha value is -2.71. The molecule has 0 bridgehead atoms. The van der Waals surface area contributed by atoms with Crippen molar-refractivity contribution in [2.24, 2.45) is 5.41 Å². The normalized spacial score (nSPS) is 23.2. The van der Waals surface area contributed by atoms with Gasteiger partial charge < -0.3 is 9.80 Å². The van der Waals surface area contributed by atoms with Crippen molar-refractivity contribution >= 4 is 17.6 Å². The number of amides is 2. The van der Waals surface area contributed by atoms with Gasteiger partial charge in [0.1, 0.15) is 11.4 Å². The first-order chi connectivity index (χ1) is 12.8. The van der Waals surface area contributed by atoms with Crippen LogP contribution < -0.4 is 5.56 Å². The van der Waals surface area contributed by atoms with Gasteiger partial charge in [-0.1, -0.05) is 0 Å². The number of aromatic nitrogens is 4. The minimum atomic E-state index is -0.517. The molecule has 1 atom stereocenters. The standard InChI is InChI=1S/C18H24N6O3/c1-11(2)23-7-4-5-18(16(23)27)6-8-22(10-18)14(25)13-9-19-17-20-12(3)21-24(17)15(13)26/h9,11H,4-8,10H2,1-3H3,(H,19,20,21). The van der Waals surface area contributed by atoms with Crippen LogP contribution >= 0.6 is 0 Å². The van der Waals surface area contributed by atoms with Crippen LogP contribution in [0.5, 0.6) is 0 Å². The van der Waals surface area contributed by atoms with Crippen LogP contribution in [-0.2, 0) is 4.79 Å². The summed E-state index contributed by atoms with van der Waals surface area (Å²) in [5, 5.41) is 2.79. The Balaban J connectivity index is 1.61. The highest BCUT2D eigenvalue weighted by molar-refractivity contribution is 5.95. The van der Waals surface area contributed by atoms with Crippen molar-refractivity contribution in [3.8, 4) is 0 Å². The zero-order chi connectivity index (χ0) is 19.3. The Morgan fingerprint density at radius 3 is 2.78 bits per heavy atom. The van der Waals surface area contributed by atoms with Crippen LogP contribution in [0.4, 0.5) is 0 Å². The molecule has 27 heavy (non-hydrogen) atoms. The second kappa shape index (κ2) is 6.17. The van der Waals surface area contributed by atoms with Crippen LogP contribution in [-0.4, -0.2) is 66.9 Å². The van der Waals surface area contributed by atoms with Gasteiger partial charge in [0.15, 0.2) is 0 Å². The van der Waals surface area contributed by atoms with E-state index in [0.29, 0.717) is 25.3 Å². The minimum Gasteiger partial charge on any atom is -0.340 e. The van der Waals surface area contributed by atoms with Crippen molar-refractivity contribution in [2.75, 3.05) is 19.6 Å². The second-order valence-corrected chi connectivity index (χ2v) is 7.87. The number of carbonyl (C=O) groups excluding carboxylic acids is 2. The molecule has 2 aliphatic heterocycles. The first-order valence-corrected chi connectivity index (χ1v) is 9.37. The van der Waals surface area contributed by atoms with E-state index in [9.17, 15) is 14.4 Å². The molecular formula is C18H24N6O3. The highest BCUT2D eigenvalue weighted by atomic mass is 16.2. The summed E-state index contributed by atoms with van der Waals surface area (Å²) in [6, 6.07) is 0.152. The number of nitrogens with zero attached hydrogens (tertiary/aromatic N) is 5. The number of H-pyrrole nitrogens is 1. The van der Waals surface area contributed by atoms with E-state index < -0.39 is 11.0 Å². The third kappa shape index (κ3) is 2.72. The molecule has 0 aliphatic carbocycles. The lowest BCUT2D eigenvalue weighted by atomic mass is 9.78. The molecule has 0 saturated carbocycles. The van der Waals surface area contributed by atoms with Gasteiger partial charge in [-0.15, -0.1) is 0 Å². The topological polar surface area (TPSA) is 104 Å². The summed E-state index contributed by atoms with van der Waals surface area (Å²) < 4.78 is 1.18. The van der Waals surface area contributed by atoms with Gasteiger partial charge >= 0.3 is 0 Å². The van der Waals surface area contributed by atoms with Gasteiger partial charge in [-0.2, -0.15) is 9.50 Å². The van der Waals surface area contributed by atoms with Crippen LogP contribution in [0.1, 0.15) is 49.3 Å². The van der Waals surface area contributed by atoms with Crippen molar-refractivity contribution < 1.29 is 9.59 Å². The molecule has 144 valence electrons. The van der Waals surface area contributed by atoms with Crippen LogP contribution in [0.3, 0.4) is 0 Å². The number of hydrogen-bond donors (Lipinski definition) is 1. The van der Waals surface area contributed by atoms with E-state index >= 15 is 0 Å². The highest BCUT2D eigenvalue weighted by Gasteiger charge is 2.50. The molecule has 2 aromatic heterocycles. The van der Waals surface area contributed by atoms with E-state index in [1.807, 2.05) is 18.7 Å². The lowest BCUT2D eigenvalue weighted by molar-refractivity contribution is -0.147. The van der Waals surface area contributed by atoms with Gasteiger partial charge in [0.05, 0.1) is 5.41 Å². The van der Waals surface area contributed by atoms with Crippen LogP contribution in [0.15, 0.2) is 11.0 Å². The molecule has 2 amide bonds. The quantitative estimate of drug-likeness (QED) is 0.831. The average molecular weight is 372 g/mol. The van der Waals surface area contributed by atoms with Gasteiger partial charge in [-0.05, 0) is 40.0 Å². The Labute approximate surface area is 156 Å². The monoisotopic (exact) mass is 372 g/mol. The molecule has 9 heteroatoms. The number of piperidine rings is 1. The first kappa shape index (κ1) is 17.7. The fourth-order valence-corrected chi connectivity index (χ4v) is 4.30. The predicted molar refractivity (Wildman–Crippen MR) is 97.4 cm³/mol. The van der Waals surface area contributed by atoms with E-state index in [2.05, 4.69) is 15.1 Å². The molecule has 2 saturated heterocycles. The highest BCUT2D eigenvalue weighted by Crippen LogP contribution is 2.40. The van der Waals surface area contributed by atoms with Crippen molar-refractivity contribution in [3.63, 3.8) is 0 Å². The van der Waals surface area contributed by atoms with Gasteiger partial charge in [-0.3, -0.25) is 19.5 Å². The fraction of sp³-hybridized carbons (Fsp3) is 0.611. The Bertz CT molecular complexity index is 977. The largest absolute Gasteiger partial charge is 0.340 e. The number of likely N-dealkylation sites (tertiary alicyclic amines) is 2. The second-order valence-electron chi connectivity index (χ2n) is 7.87. The van der Waals surface area contributed by atoms with E-state index in [4.69, 9.17) is 0 Å². The Morgan fingerprint density at radius 1 is 1.26 bits per heavy atom. The van der Waals surface area contributed by atoms with E-state index in [1.54, 1.807) is 11.8 Å². The maximum Gasteiger partial charge on any atom is 0.286 e. The molecule has 0 aromatic carbocycles. The van der Waals surface area contributed by atoms with Crippen molar-refractivity contribution in [1.29, 1.82) is 0 Å². The number of nitrogens with one attached hydrogen (secondary N) is 1. The Kier molecular flexibility index (Phi) is 4.05. The van der Waals surface area contributed by atoms with Gasteiger partial charge in [-0.25, -0.2) is 4.98 Å². The molecule has 2 fully saturated rings. The summed E-state index contributed by atoms with van der Waals surface area (Å²) >= 11 is 0. The van der Waals surface area contributed by atoms with E-state index in [-0.39, 0.29) is 29.2 Å². The van der Waals surface area contributed by atoms with Gasteiger partial charge in [0.25, 0.3) is 17.2 Å². The predicted octanol–water partition coefficient (Wildman–Crippen LogP) is 0.589. The number of hydrogen-bond acceptors (Lipinski definition) is 5. The van der Waals surface area contributed by atoms with Crippen molar-refractivity contribution in [2.45, 2.75) is 46.1 Å². The molecule has 1 spiro atoms. The summed E-state index contributed by atoms with van der Waals surface area (Å²) in [5.74, 6) is 0.543. The maximum absolute atomic E-state index is 13.0. The summed E-state index contributed by atoms with van der Waals surface area (Å²) in [4.78, 5) is 50.4. The average Bonchev–Trinajstić information content (AvgIpc) is 3.21. The SMILES string of the molecule is Cc1nc2ncc(C(=O)N3CCC4(CCCN(C(C)C)C4=O)C3)c(=O)n2[nH]1. The van der Waals surface area contributed by atoms with E-state index in [0.717, 1.165) is 19.4 Å². The number of rotatable bonds is 2. The van der Waals surface area contributed by atoms with Gasteiger partial charge in [0.2, 0.25) is 5.91 Å². The first-order valence-electron chi connectivity index (χ1n) is 9.37. The van der Waals surface area contributed by atoms with Crippen LogP contribution in [0.2, 0.25) is 0 Å². The number of carbonyl (C=O) groups is 2. The molecule has 9 nitrogen and oxygen atoms in total. The fourth-order valence-electron chi connectivity index (χ4n) is 4.30. The lowest BCUT2D eigenvalue weighted by Crippen LogP contribution is -2.52. The van der Waals surface area contributed by atoms with Gasteiger partial charge in [0, 0.05) is 31.9 Å². The lowest BCUT2D eigenvalue weighted by Gasteiger charge is -2.41. The zero-order valence-corrected chi connectivity index (χ0v) is 15.9. The smallest absolute Gasteiger partial charge is 0.286 e. The summed E-state index contributed by atoms with van der Waals surface area (Å²) in [5.41, 5.74) is -0.987. The molecular weight excluding hydrogens is 348 g/mol. The van der Waals surface area contributed by atoms with E-state index in [1.165, 1.54) is 10.7 Å². The Morgan fingerprint density at radius 2 is 2.04 bits per heavy atom.